The molecule has 0 saturated heterocycles. The molecule has 0 saturated carbocycles. The van der Waals surface area contributed by atoms with Gasteiger partial charge in [0.25, 0.3) is 0 Å². The van der Waals surface area contributed by atoms with Crippen LogP contribution in [-0.4, -0.2) is 57.2 Å². The number of hydrogen-bond donors (Lipinski definition) is 0. The van der Waals surface area contributed by atoms with Gasteiger partial charge in [-0.25, -0.2) is 4.79 Å². The van der Waals surface area contributed by atoms with Gasteiger partial charge in [-0.3, -0.25) is 0 Å². The largest absolute Gasteiger partial charge is 0.484 e. The lowest BCUT2D eigenvalue weighted by Gasteiger charge is -2.40. The van der Waals surface area contributed by atoms with Gasteiger partial charge in [0.2, 0.25) is 5.69 Å². The van der Waals surface area contributed by atoms with Gasteiger partial charge in [0.15, 0.2) is 12.3 Å². The van der Waals surface area contributed by atoms with Gasteiger partial charge in [-0.2, -0.15) is 4.58 Å². The van der Waals surface area contributed by atoms with E-state index in [-0.39, 0.29) is 22.9 Å². The number of aryl methyl sites for hydroxylation is 1. The van der Waals surface area contributed by atoms with Crippen molar-refractivity contribution in [1.82, 2.24) is 15.2 Å². The van der Waals surface area contributed by atoms with E-state index in [4.69, 9.17) is 9.57 Å². The fourth-order valence-corrected chi connectivity index (χ4v) is 9.24. The lowest BCUT2D eigenvalue weighted by molar-refractivity contribution is -0.444. The lowest BCUT2D eigenvalue weighted by Crippen LogP contribution is -2.44. The van der Waals surface area contributed by atoms with Gasteiger partial charge in [-0.15, -0.1) is 5.10 Å². The number of anilines is 1. The highest BCUT2D eigenvalue weighted by atomic mass is 16.7. The highest BCUT2D eigenvalue weighted by Crippen LogP contribution is 2.52. The molecule has 1 aromatic heterocycles. The Kier molecular flexibility index (Phi) is 7.05. The van der Waals surface area contributed by atoms with E-state index in [0.717, 1.165) is 50.8 Å². The number of carbonyl (C=O) groups is 1. The number of aromatic nitrogens is 3. The van der Waals surface area contributed by atoms with Crippen LogP contribution in [0.1, 0.15) is 100 Å². The first kappa shape index (κ1) is 30.6. The fraction of sp³-hybridized carbons (Fsp3) is 0.463. The maximum Gasteiger partial charge on any atom is 0.335 e. The molecule has 0 aliphatic carbocycles. The smallest absolute Gasteiger partial charge is 0.335 e. The van der Waals surface area contributed by atoms with Gasteiger partial charge in [-0.05, 0) is 97.5 Å². The first-order valence-electron chi connectivity index (χ1n) is 18.3. The number of ether oxygens (including phenoxy) is 1. The molecular weight excluding hydrogens is 610 g/mol. The van der Waals surface area contributed by atoms with E-state index >= 15 is 0 Å². The average molecular weight is 657 g/mol. The van der Waals surface area contributed by atoms with Crippen LogP contribution in [0.15, 0.2) is 54.1 Å². The van der Waals surface area contributed by atoms with Crippen molar-refractivity contribution in [1.29, 1.82) is 0 Å². The zero-order valence-corrected chi connectivity index (χ0v) is 29.2. The van der Waals surface area contributed by atoms with Crippen molar-refractivity contribution in [3.05, 3.63) is 81.9 Å². The molecule has 5 aliphatic rings. The van der Waals surface area contributed by atoms with Crippen molar-refractivity contribution in [2.45, 2.75) is 102 Å². The molecule has 6 heterocycles. The van der Waals surface area contributed by atoms with Crippen molar-refractivity contribution in [2.24, 2.45) is 0 Å². The van der Waals surface area contributed by atoms with Crippen LogP contribution >= 0.6 is 0 Å². The molecule has 0 bridgehead atoms. The number of hydrogen-bond acceptors (Lipinski definition) is 6. The maximum absolute atomic E-state index is 12.9. The predicted molar refractivity (Wildman–Crippen MR) is 192 cm³/mol. The van der Waals surface area contributed by atoms with Crippen molar-refractivity contribution in [2.75, 3.05) is 24.5 Å². The molecule has 2 unspecified atom stereocenters. The van der Waals surface area contributed by atoms with E-state index < -0.39 is 0 Å². The molecule has 8 nitrogen and oxygen atoms in total. The summed E-state index contributed by atoms with van der Waals surface area (Å²) in [5.74, 6) is 0.847. The second-order valence-corrected chi connectivity index (χ2v) is 15.9. The molecule has 4 aromatic rings. The minimum Gasteiger partial charge on any atom is -0.484 e. The zero-order valence-electron chi connectivity index (χ0n) is 29.2. The topological polar surface area (TPSA) is 72.5 Å². The molecule has 8 heteroatoms. The third-order valence-corrected chi connectivity index (χ3v) is 11.7. The Labute approximate surface area is 288 Å². The number of carbonyl (C=O) groups excluding carboxylic acids is 1. The maximum atomic E-state index is 12.9. The third kappa shape index (κ3) is 4.92. The van der Waals surface area contributed by atoms with E-state index in [9.17, 15) is 4.79 Å². The number of rotatable bonds is 6. The molecule has 252 valence electrons. The molecular formula is C41H46N5O3+. The molecule has 0 spiro atoms. The Bertz CT molecular complexity index is 2080. The number of nitrogens with zero attached hydrogens (tertiary/aromatic N) is 5. The van der Waals surface area contributed by atoms with Crippen molar-refractivity contribution in [3.63, 3.8) is 0 Å². The van der Waals surface area contributed by atoms with E-state index in [1.807, 2.05) is 24.3 Å². The van der Waals surface area contributed by atoms with Crippen LogP contribution in [0.5, 0.6) is 5.75 Å². The number of fused-ring (bicyclic) bond motifs is 7. The van der Waals surface area contributed by atoms with Gasteiger partial charge in [0.05, 0.1) is 11.0 Å². The first-order chi connectivity index (χ1) is 23.7. The van der Waals surface area contributed by atoms with Crippen LogP contribution < -0.4 is 14.5 Å². The van der Waals surface area contributed by atoms with Crippen LogP contribution in [-0.2, 0) is 28.5 Å². The van der Waals surface area contributed by atoms with Crippen LogP contribution in [0, 0.1) is 0 Å². The predicted octanol–water partition coefficient (Wildman–Crippen LogP) is 7.25. The summed E-state index contributed by atoms with van der Waals surface area (Å²) in [6, 6.07) is 17.1. The molecule has 3 aromatic carbocycles. The van der Waals surface area contributed by atoms with E-state index in [0.29, 0.717) is 17.5 Å². The molecule has 0 amide bonds. The summed E-state index contributed by atoms with van der Waals surface area (Å²) in [7, 11) is 0. The SMILES string of the molecule is CC(C)(C)c1ccc2c(c1)C(C)(CCCCC(=O)On1nnc3ccccc31)C1=[N+]2CCC2Oc3c(cc4c5c3CCCN5CCC4)C=C12. The van der Waals surface area contributed by atoms with Gasteiger partial charge >= 0.3 is 5.97 Å². The zero-order chi connectivity index (χ0) is 33.5. The monoisotopic (exact) mass is 656 g/mol. The molecule has 0 N–H and O–H groups in total. The number of benzene rings is 3. The summed E-state index contributed by atoms with van der Waals surface area (Å²) in [5.41, 5.74) is 13.7. The summed E-state index contributed by atoms with van der Waals surface area (Å²) in [5, 5.41) is 8.13. The molecule has 5 aliphatic heterocycles. The minimum absolute atomic E-state index is 0.0437. The normalized spacial score (nSPS) is 22.1. The van der Waals surface area contributed by atoms with E-state index in [2.05, 4.69) is 77.8 Å². The fourth-order valence-electron chi connectivity index (χ4n) is 9.24. The van der Waals surface area contributed by atoms with Gasteiger partial charge < -0.3 is 14.5 Å². The second-order valence-electron chi connectivity index (χ2n) is 15.9. The Morgan fingerprint density at radius 1 is 1.08 bits per heavy atom. The quantitative estimate of drug-likeness (QED) is 0.124. The second kappa shape index (κ2) is 11.3. The third-order valence-electron chi connectivity index (χ3n) is 11.7. The Morgan fingerprint density at radius 2 is 1.92 bits per heavy atom. The van der Waals surface area contributed by atoms with E-state index in [1.54, 1.807) is 0 Å². The van der Waals surface area contributed by atoms with Crippen LogP contribution in [0.4, 0.5) is 11.4 Å². The summed E-state index contributed by atoms with van der Waals surface area (Å²) in [6.07, 6.45) is 11.1. The summed E-state index contributed by atoms with van der Waals surface area (Å²) < 4.78 is 9.70. The molecule has 0 fully saturated rings. The summed E-state index contributed by atoms with van der Waals surface area (Å²) in [6.45, 7) is 12.6. The molecule has 2 atom stereocenters. The van der Waals surface area contributed by atoms with Gasteiger partial charge in [0.1, 0.15) is 22.9 Å². The van der Waals surface area contributed by atoms with Crippen LogP contribution in [0.25, 0.3) is 17.1 Å². The Morgan fingerprint density at radius 3 is 2.78 bits per heavy atom. The van der Waals surface area contributed by atoms with Crippen molar-refractivity contribution in [3.8, 4) is 5.75 Å². The van der Waals surface area contributed by atoms with Gasteiger partial charge in [0, 0.05) is 54.4 Å². The standard InChI is InChI=1S/C41H46N5O3/c1-40(2,3)28-16-17-33-31(25-28)41(4,19-8-7-15-36(47)49-46-34-14-6-5-13-32(34)42-43-46)39-30-24-27-23-26-11-9-20-44-21-10-12-29(37(26)44)38(27)48-35(30)18-22-45(33)39/h5-6,13-14,16-17,23-25,35H,7-12,15,18-22H2,1-4H3/q+1. The summed E-state index contributed by atoms with van der Waals surface area (Å²) >= 11 is 0. The van der Waals surface area contributed by atoms with Crippen molar-refractivity contribution < 1.29 is 18.9 Å². The first-order valence-corrected chi connectivity index (χ1v) is 18.3. The Balaban J connectivity index is 1.04. The molecule has 0 radical (unpaired) electrons. The lowest BCUT2D eigenvalue weighted by atomic mass is 9.70. The highest BCUT2D eigenvalue weighted by Gasteiger charge is 2.54. The average Bonchev–Trinajstić information content (AvgIpc) is 3.62. The summed E-state index contributed by atoms with van der Waals surface area (Å²) in [4.78, 5) is 22.4. The highest BCUT2D eigenvalue weighted by molar-refractivity contribution is 6.11. The Hall–Kier alpha value is -4.46. The number of unbranched alkanes of at least 4 members (excludes halogenated alkanes) is 1. The van der Waals surface area contributed by atoms with Crippen LogP contribution in [0.2, 0.25) is 0 Å². The van der Waals surface area contributed by atoms with Crippen molar-refractivity contribution >= 4 is 40.2 Å². The molecule has 49 heavy (non-hydrogen) atoms. The van der Waals surface area contributed by atoms with E-state index in [1.165, 1.54) is 81.3 Å². The number of para-hydroxylation sites is 1. The van der Waals surface area contributed by atoms with Gasteiger partial charge in [-0.1, -0.05) is 50.2 Å². The minimum atomic E-state index is -0.291. The van der Waals surface area contributed by atoms with Crippen LogP contribution in [0.3, 0.4) is 0 Å². The molecule has 9 rings (SSSR count).